The lowest BCUT2D eigenvalue weighted by atomic mass is 9.74. The van der Waals surface area contributed by atoms with Gasteiger partial charge in [0.2, 0.25) is 10.0 Å². The predicted octanol–water partition coefficient (Wildman–Crippen LogP) is 2.65. The van der Waals surface area contributed by atoms with Gasteiger partial charge in [-0.25, -0.2) is 8.42 Å². The van der Waals surface area contributed by atoms with E-state index in [1.807, 2.05) is 0 Å². The summed E-state index contributed by atoms with van der Waals surface area (Å²) >= 11 is 5.81. The van der Waals surface area contributed by atoms with Crippen LogP contribution in [-0.2, 0) is 14.8 Å². The molecule has 5 nitrogen and oxygen atoms in total. The van der Waals surface area contributed by atoms with E-state index in [1.165, 1.54) is 18.2 Å². The molecular weight excluding hydrogens is 314 g/mol. The van der Waals surface area contributed by atoms with Crippen molar-refractivity contribution < 1.29 is 18.3 Å². The first kappa shape index (κ1) is 16.3. The van der Waals surface area contributed by atoms with Crippen molar-refractivity contribution in [2.45, 2.75) is 43.0 Å². The molecule has 1 aromatic rings. The van der Waals surface area contributed by atoms with Crippen molar-refractivity contribution in [3.63, 3.8) is 0 Å². The van der Waals surface area contributed by atoms with Crippen molar-refractivity contribution in [2.24, 2.45) is 5.92 Å². The quantitative estimate of drug-likeness (QED) is 0.888. The number of halogens is 1. The van der Waals surface area contributed by atoms with Gasteiger partial charge >= 0.3 is 5.97 Å². The average Bonchev–Trinajstić information content (AvgIpc) is 2.41. The fourth-order valence-corrected chi connectivity index (χ4v) is 4.58. The molecule has 0 spiro atoms. The molecule has 1 aromatic carbocycles. The predicted molar refractivity (Wildman–Crippen MR) is 79.8 cm³/mol. The van der Waals surface area contributed by atoms with Gasteiger partial charge in [-0.3, -0.25) is 4.79 Å². The van der Waals surface area contributed by atoms with Crippen LogP contribution in [0.5, 0.6) is 0 Å². The van der Waals surface area contributed by atoms with E-state index in [0.717, 1.165) is 6.42 Å². The number of carbonyl (C=O) groups is 1. The SMILES string of the molecule is CC1CCCCC1(NS(=O)(=O)c1cccc(Cl)c1)C(=O)O. The van der Waals surface area contributed by atoms with Crippen molar-refractivity contribution in [3.05, 3.63) is 29.3 Å². The molecular formula is C14H18ClNO4S. The Bertz CT molecular complexity index is 646. The maximum absolute atomic E-state index is 12.5. The van der Waals surface area contributed by atoms with Crippen LogP contribution in [0.4, 0.5) is 0 Å². The Morgan fingerprint density at radius 2 is 2.14 bits per heavy atom. The van der Waals surface area contributed by atoms with Gasteiger partial charge in [-0.15, -0.1) is 0 Å². The summed E-state index contributed by atoms with van der Waals surface area (Å²) in [5, 5.41) is 9.86. The third-order valence-electron chi connectivity index (χ3n) is 4.10. The summed E-state index contributed by atoms with van der Waals surface area (Å²) in [4.78, 5) is 11.7. The Balaban J connectivity index is 2.39. The third-order valence-corrected chi connectivity index (χ3v) is 5.85. The lowest BCUT2D eigenvalue weighted by molar-refractivity contribution is -0.147. The van der Waals surface area contributed by atoms with Crippen LogP contribution in [0.2, 0.25) is 5.02 Å². The second-order valence-electron chi connectivity index (χ2n) is 5.49. The van der Waals surface area contributed by atoms with Gasteiger partial charge in [0.05, 0.1) is 4.90 Å². The Kier molecular flexibility index (Phi) is 4.60. The van der Waals surface area contributed by atoms with Crippen LogP contribution in [0.25, 0.3) is 0 Å². The van der Waals surface area contributed by atoms with E-state index in [4.69, 9.17) is 11.6 Å². The number of sulfonamides is 1. The van der Waals surface area contributed by atoms with Crippen molar-refractivity contribution in [3.8, 4) is 0 Å². The van der Waals surface area contributed by atoms with Crippen LogP contribution in [-0.4, -0.2) is 25.0 Å². The Labute approximate surface area is 129 Å². The van der Waals surface area contributed by atoms with E-state index in [1.54, 1.807) is 13.0 Å². The molecule has 0 amide bonds. The molecule has 1 fully saturated rings. The van der Waals surface area contributed by atoms with Crippen LogP contribution in [0.1, 0.15) is 32.6 Å². The first-order chi connectivity index (χ1) is 9.78. The summed E-state index contributed by atoms with van der Waals surface area (Å²) in [7, 11) is -3.93. The molecule has 0 saturated heterocycles. The zero-order chi connectivity index (χ0) is 15.7. The monoisotopic (exact) mass is 331 g/mol. The third kappa shape index (κ3) is 3.22. The van der Waals surface area contributed by atoms with Crippen LogP contribution in [0.3, 0.4) is 0 Å². The molecule has 21 heavy (non-hydrogen) atoms. The molecule has 0 heterocycles. The van der Waals surface area contributed by atoms with Gasteiger partial charge in [-0.1, -0.05) is 37.4 Å². The van der Waals surface area contributed by atoms with E-state index in [2.05, 4.69) is 4.72 Å². The van der Waals surface area contributed by atoms with E-state index < -0.39 is 21.5 Å². The van der Waals surface area contributed by atoms with Crippen LogP contribution in [0, 0.1) is 5.92 Å². The summed E-state index contributed by atoms with van der Waals surface area (Å²) in [5.41, 5.74) is -1.45. The number of nitrogens with one attached hydrogen (secondary N) is 1. The maximum Gasteiger partial charge on any atom is 0.325 e. The van der Waals surface area contributed by atoms with E-state index >= 15 is 0 Å². The van der Waals surface area contributed by atoms with Crippen LogP contribution >= 0.6 is 11.6 Å². The molecule has 0 aliphatic heterocycles. The van der Waals surface area contributed by atoms with E-state index in [0.29, 0.717) is 24.3 Å². The lowest BCUT2D eigenvalue weighted by Crippen LogP contribution is -2.59. The van der Waals surface area contributed by atoms with Gasteiger partial charge in [0.25, 0.3) is 0 Å². The normalized spacial score (nSPS) is 26.5. The number of benzene rings is 1. The second-order valence-corrected chi connectivity index (χ2v) is 7.61. The largest absolute Gasteiger partial charge is 0.480 e. The summed E-state index contributed by atoms with van der Waals surface area (Å²) < 4.78 is 27.4. The van der Waals surface area contributed by atoms with Crippen LogP contribution < -0.4 is 4.72 Å². The molecule has 0 radical (unpaired) electrons. The Morgan fingerprint density at radius 3 is 2.71 bits per heavy atom. The molecule has 7 heteroatoms. The number of hydrogen-bond donors (Lipinski definition) is 2. The Morgan fingerprint density at radius 1 is 1.43 bits per heavy atom. The first-order valence-electron chi connectivity index (χ1n) is 6.81. The zero-order valence-electron chi connectivity index (χ0n) is 11.7. The van der Waals surface area contributed by atoms with Crippen molar-refractivity contribution >= 4 is 27.6 Å². The number of rotatable bonds is 4. The number of carboxylic acid groups (broad SMARTS) is 1. The summed E-state index contributed by atoms with van der Waals surface area (Å²) in [6.45, 7) is 1.77. The number of carboxylic acids is 1. The second kappa shape index (κ2) is 5.94. The van der Waals surface area contributed by atoms with Gasteiger partial charge in [0.15, 0.2) is 0 Å². The maximum atomic E-state index is 12.5. The highest BCUT2D eigenvalue weighted by Gasteiger charge is 2.48. The highest BCUT2D eigenvalue weighted by Crippen LogP contribution is 2.35. The van der Waals surface area contributed by atoms with Crippen molar-refractivity contribution in [1.82, 2.24) is 4.72 Å². The van der Waals surface area contributed by atoms with E-state index in [-0.39, 0.29) is 10.8 Å². The molecule has 2 rings (SSSR count). The minimum atomic E-state index is -3.93. The topological polar surface area (TPSA) is 83.5 Å². The van der Waals surface area contributed by atoms with Gasteiger partial charge < -0.3 is 5.11 Å². The molecule has 0 bridgehead atoms. The zero-order valence-corrected chi connectivity index (χ0v) is 13.2. The highest BCUT2D eigenvalue weighted by atomic mass is 35.5. The van der Waals surface area contributed by atoms with Gasteiger partial charge in [-0.05, 0) is 37.0 Å². The summed E-state index contributed by atoms with van der Waals surface area (Å²) in [6, 6.07) is 5.80. The molecule has 2 atom stereocenters. The molecule has 0 aromatic heterocycles. The summed E-state index contributed by atoms with van der Waals surface area (Å²) in [6.07, 6.45) is 2.58. The molecule has 1 saturated carbocycles. The fraction of sp³-hybridized carbons (Fsp3) is 0.500. The molecule has 2 unspecified atom stereocenters. The fourth-order valence-electron chi connectivity index (χ4n) is 2.79. The molecule has 1 aliphatic carbocycles. The lowest BCUT2D eigenvalue weighted by Gasteiger charge is -2.39. The van der Waals surface area contributed by atoms with Gasteiger partial charge in [0.1, 0.15) is 5.54 Å². The molecule has 1 aliphatic rings. The number of aliphatic carboxylic acids is 1. The van der Waals surface area contributed by atoms with Crippen molar-refractivity contribution in [2.75, 3.05) is 0 Å². The minimum absolute atomic E-state index is 0.0200. The average molecular weight is 332 g/mol. The van der Waals surface area contributed by atoms with Gasteiger partial charge in [0, 0.05) is 5.02 Å². The van der Waals surface area contributed by atoms with Gasteiger partial charge in [-0.2, -0.15) is 4.72 Å². The summed E-state index contributed by atoms with van der Waals surface area (Å²) in [5.74, 6) is -1.39. The Hall–Kier alpha value is -1.11. The van der Waals surface area contributed by atoms with E-state index in [9.17, 15) is 18.3 Å². The smallest absolute Gasteiger partial charge is 0.325 e. The first-order valence-corrected chi connectivity index (χ1v) is 8.67. The number of hydrogen-bond acceptors (Lipinski definition) is 3. The molecule has 2 N–H and O–H groups in total. The standard InChI is InChI=1S/C14H18ClNO4S/c1-10-5-2-3-8-14(10,13(17)18)16-21(19,20)12-7-4-6-11(15)9-12/h4,6-7,9-10,16H,2-3,5,8H2,1H3,(H,17,18). The van der Waals surface area contributed by atoms with Crippen molar-refractivity contribution in [1.29, 1.82) is 0 Å². The highest BCUT2D eigenvalue weighted by molar-refractivity contribution is 7.89. The minimum Gasteiger partial charge on any atom is -0.480 e. The van der Waals surface area contributed by atoms with Crippen LogP contribution in [0.15, 0.2) is 29.2 Å². The molecule has 116 valence electrons.